The van der Waals surface area contributed by atoms with Crippen LogP contribution in [0.15, 0.2) is 0 Å². The molecule has 0 aliphatic heterocycles. The summed E-state index contributed by atoms with van der Waals surface area (Å²) in [6.45, 7) is 0.472. The van der Waals surface area contributed by atoms with Crippen molar-refractivity contribution in [3.63, 3.8) is 0 Å². The average Bonchev–Trinajstić information content (AvgIpc) is 2.07. The molecule has 0 unspecified atom stereocenters. The normalized spacial score (nSPS) is 12.1. The SMILES string of the molecule is CN(CCCCC(=O)O)CCC(F)(F)F. The molecule has 0 rings (SSSR count). The highest BCUT2D eigenvalue weighted by Gasteiger charge is 2.26. The van der Waals surface area contributed by atoms with Gasteiger partial charge in [0.2, 0.25) is 0 Å². The third kappa shape index (κ3) is 11.1. The summed E-state index contributed by atoms with van der Waals surface area (Å²) in [6, 6.07) is 0. The Morgan fingerprint density at radius 1 is 1.27 bits per heavy atom. The second kappa shape index (κ2) is 6.66. The lowest BCUT2D eigenvalue weighted by molar-refractivity contribution is -0.137. The zero-order valence-corrected chi connectivity index (χ0v) is 8.68. The van der Waals surface area contributed by atoms with E-state index >= 15 is 0 Å². The smallest absolute Gasteiger partial charge is 0.390 e. The first-order chi connectivity index (χ1) is 6.81. The monoisotopic (exact) mass is 227 g/mol. The maximum atomic E-state index is 11.8. The van der Waals surface area contributed by atoms with E-state index in [2.05, 4.69) is 0 Å². The number of hydrogen-bond donors (Lipinski definition) is 1. The molecular formula is C9H16F3NO2. The molecule has 0 amide bonds. The number of unbranched alkanes of at least 4 members (excludes halogenated alkanes) is 1. The summed E-state index contributed by atoms with van der Waals surface area (Å²) in [5.74, 6) is -0.868. The van der Waals surface area contributed by atoms with Crippen molar-refractivity contribution in [1.29, 1.82) is 0 Å². The zero-order valence-electron chi connectivity index (χ0n) is 8.68. The fourth-order valence-corrected chi connectivity index (χ4v) is 1.09. The molecule has 0 atom stereocenters. The minimum Gasteiger partial charge on any atom is -0.481 e. The van der Waals surface area contributed by atoms with Crippen molar-refractivity contribution in [3.05, 3.63) is 0 Å². The molecule has 90 valence electrons. The Hall–Kier alpha value is -0.780. The van der Waals surface area contributed by atoms with E-state index in [1.54, 1.807) is 11.9 Å². The van der Waals surface area contributed by atoms with E-state index in [1.165, 1.54) is 0 Å². The Morgan fingerprint density at radius 3 is 2.33 bits per heavy atom. The number of rotatable bonds is 7. The van der Waals surface area contributed by atoms with Crippen LogP contribution in [0.5, 0.6) is 0 Å². The van der Waals surface area contributed by atoms with Crippen LogP contribution in [0.4, 0.5) is 13.2 Å². The first kappa shape index (κ1) is 14.2. The molecule has 0 spiro atoms. The van der Waals surface area contributed by atoms with Gasteiger partial charge in [0.1, 0.15) is 0 Å². The molecule has 0 aromatic heterocycles. The van der Waals surface area contributed by atoms with E-state index in [9.17, 15) is 18.0 Å². The van der Waals surface area contributed by atoms with Crippen molar-refractivity contribution >= 4 is 5.97 Å². The minimum atomic E-state index is -4.12. The summed E-state index contributed by atoms with van der Waals surface area (Å²) in [6.07, 6.45) is -3.74. The molecule has 15 heavy (non-hydrogen) atoms. The van der Waals surface area contributed by atoms with E-state index in [4.69, 9.17) is 5.11 Å². The van der Waals surface area contributed by atoms with Gasteiger partial charge in [-0.1, -0.05) is 0 Å². The molecule has 0 fully saturated rings. The van der Waals surface area contributed by atoms with Gasteiger partial charge in [-0.2, -0.15) is 13.2 Å². The van der Waals surface area contributed by atoms with Crippen LogP contribution < -0.4 is 0 Å². The molecular weight excluding hydrogens is 211 g/mol. The van der Waals surface area contributed by atoms with Crippen molar-refractivity contribution < 1.29 is 23.1 Å². The molecule has 3 nitrogen and oxygen atoms in total. The summed E-state index contributed by atoms with van der Waals surface area (Å²) in [7, 11) is 1.60. The van der Waals surface area contributed by atoms with E-state index in [-0.39, 0.29) is 13.0 Å². The number of halogens is 3. The van der Waals surface area contributed by atoms with Crippen LogP contribution in [0.2, 0.25) is 0 Å². The number of alkyl halides is 3. The second-order valence-electron chi connectivity index (χ2n) is 3.52. The predicted octanol–water partition coefficient (Wildman–Crippen LogP) is 2.13. The predicted molar refractivity (Wildman–Crippen MR) is 49.7 cm³/mol. The topological polar surface area (TPSA) is 40.5 Å². The highest BCUT2D eigenvalue weighted by Crippen LogP contribution is 2.19. The molecule has 0 aliphatic rings. The maximum absolute atomic E-state index is 11.8. The zero-order chi connectivity index (χ0) is 11.9. The highest BCUT2D eigenvalue weighted by molar-refractivity contribution is 5.66. The van der Waals surface area contributed by atoms with Crippen LogP contribution in [0.25, 0.3) is 0 Å². The molecule has 0 aliphatic carbocycles. The van der Waals surface area contributed by atoms with Gasteiger partial charge in [-0.15, -0.1) is 0 Å². The Bertz CT molecular complexity index is 194. The summed E-state index contributed by atoms with van der Waals surface area (Å²) in [4.78, 5) is 11.7. The third-order valence-electron chi connectivity index (χ3n) is 1.96. The van der Waals surface area contributed by atoms with Gasteiger partial charge in [0, 0.05) is 13.0 Å². The van der Waals surface area contributed by atoms with Crippen LogP contribution in [0.3, 0.4) is 0 Å². The molecule has 0 bridgehead atoms. The van der Waals surface area contributed by atoms with Crippen molar-refractivity contribution in [2.45, 2.75) is 31.9 Å². The standard InChI is InChI=1S/C9H16F3NO2/c1-13(7-5-9(10,11)12)6-3-2-4-8(14)15/h2-7H2,1H3,(H,14,15). The fourth-order valence-electron chi connectivity index (χ4n) is 1.09. The van der Waals surface area contributed by atoms with Gasteiger partial charge in [-0.25, -0.2) is 0 Å². The first-order valence-corrected chi connectivity index (χ1v) is 4.78. The number of carboxylic acid groups (broad SMARTS) is 1. The maximum Gasteiger partial charge on any atom is 0.390 e. The molecule has 0 radical (unpaired) electrons. The molecule has 0 aromatic carbocycles. The molecule has 0 heterocycles. The Kier molecular flexibility index (Phi) is 6.31. The van der Waals surface area contributed by atoms with Gasteiger partial charge in [0.25, 0.3) is 0 Å². The van der Waals surface area contributed by atoms with Crippen molar-refractivity contribution in [2.75, 3.05) is 20.1 Å². The Labute approximate surface area is 86.9 Å². The highest BCUT2D eigenvalue weighted by atomic mass is 19.4. The van der Waals surface area contributed by atoms with Crippen LogP contribution >= 0.6 is 0 Å². The molecule has 1 N–H and O–H groups in total. The molecule has 0 saturated carbocycles. The number of hydrogen-bond acceptors (Lipinski definition) is 2. The molecule has 6 heteroatoms. The van der Waals surface area contributed by atoms with Crippen LogP contribution in [-0.2, 0) is 4.79 Å². The van der Waals surface area contributed by atoms with Gasteiger partial charge >= 0.3 is 12.1 Å². The van der Waals surface area contributed by atoms with Gasteiger partial charge < -0.3 is 10.0 Å². The van der Waals surface area contributed by atoms with E-state index in [1.807, 2.05) is 0 Å². The van der Waals surface area contributed by atoms with E-state index in [0.717, 1.165) is 0 Å². The van der Waals surface area contributed by atoms with Crippen molar-refractivity contribution in [2.24, 2.45) is 0 Å². The largest absolute Gasteiger partial charge is 0.481 e. The molecule has 0 aromatic rings. The minimum absolute atomic E-state index is 0.0312. The van der Waals surface area contributed by atoms with Crippen LogP contribution in [0, 0.1) is 0 Å². The van der Waals surface area contributed by atoms with Gasteiger partial charge in [-0.05, 0) is 26.4 Å². The first-order valence-electron chi connectivity index (χ1n) is 4.78. The van der Waals surface area contributed by atoms with Crippen LogP contribution in [0.1, 0.15) is 25.7 Å². The summed E-state index contributed by atoms with van der Waals surface area (Å²) in [5, 5.41) is 8.33. The lowest BCUT2D eigenvalue weighted by atomic mass is 10.2. The summed E-state index contributed by atoms with van der Waals surface area (Å²) >= 11 is 0. The molecule has 0 saturated heterocycles. The van der Waals surface area contributed by atoms with Crippen LogP contribution in [-0.4, -0.2) is 42.3 Å². The number of aliphatic carboxylic acids is 1. The third-order valence-corrected chi connectivity index (χ3v) is 1.96. The lowest BCUT2D eigenvalue weighted by Crippen LogP contribution is -2.25. The van der Waals surface area contributed by atoms with Gasteiger partial charge in [-0.3, -0.25) is 4.79 Å². The van der Waals surface area contributed by atoms with Crippen molar-refractivity contribution in [3.8, 4) is 0 Å². The Balaban J connectivity index is 3.41. The van der Waals surface area contributed by atoms with Crippen molar-refractivity contribution in [1.82, 2.24) is 4.90 Å². The van der Waals surface area contributed by atoms with E-state index in [0.29, 0.717) is 19.4 Å². The second-order valence-corrected chi connectivity index (χ2v) is 3.52. The number of nitrogens with zero attached hydrogens (tertiary/aromatic N) is 1. The fraction of sp³-hybridized carbons (Fsp3) is 0.889. The van der Waals surface area contributed by atoms with E-state index < -0.39 is 18.6 Å². The summed E-state index contributed by atoms with van der Waals surface area (Å²) in [5.41, 5.74) is 0. The number of carboxylic acids is 1. The number of carbonyl (C=O) groups is 1. The average molecular weight is 227 g/mol. The van der Waals surface area contributed by atoms with Gasteiger partial charge in [0.05, 0.1) is 6.42 Å². The summed E-state index contributed by atoms with van der Waals surface area (Å²) < 4.78 is 35.4. The van der Waals surface area contributed by atoms with Gasteiger partial charge in [0.15, 0.2) is 0 Å². The lowest BCUT2D eigenvalue weighted by Gasteiger charge is -2.17. The Morgan fingerprint density at radius 2 is 1.87 bits per heavy atom. The quantitative estimate of drug-likeness (QED) is 0.677.